The standard InChI is InChI=1S/C19H19FN2O2/c20-15-12-14(7-8-16(15)22-9-3-4-10-22)21-19(23)18-11-13-5-1-2-6-17(13)24-18/h1-2,5-8,12,18H,3-4,9-11H2,(H,21,23). The van der Waals surface area contributed by atoms with Crippen molar-refractivity contribution < 1.29 is 13.9 Å². The molecule has 24 heavy (non-hydrogen) atoms. The van der Waals surface area contributed by atoms with Crippen molar-refractivity contribution >= 4 is 17.3 Å². The molecule has 2 aliphatic rings. The van der Waals surface area contributed by atoms with Crippen molar-refractivity contribution in [3.8, 4) is 5.75 Å². The van der Waals surface area contributed by atoms with Gasteiger partial charge in [0, 0.05) is 25.2 Å². The molecular formula is C19H19FN2O2. The van der Waals surface area contributed by atoms with Crippen molar-refractivity contribution in [2.45, 2.75) is 25.4 Å². The molecule has 0 aromatic heterocycles. The largest absolute Gasteiger partial charge is 0.480 e. The maximum atomic E-state index is 14.3. The van der Waals surface area contributed by atoms with E-state index in [1.165, 1.54) is 6.07 Å². The van der Waals surface area contributed by atoms with Gasteiger partial charge in [0.2, 0.25) is 0 Å². The van der Waals surface area contributed by atoms with E-state index in [0.717, 1.165) is 37.2 Å². The molecular weight excluding hydrogens is 307 g/mol. The normalized spacial score (nSPS) is 19.0. The van der Waals surface area contributed by atoms with E-state index in [0.29, 0.717) is 17.8 Å². The second kappa shape index (κ2) is 6.15. The smallest absolute Gasteiger partial charge is 0.265 e. The Morgan fingerprint density at radius 3 is 2.71 bits per heavy atom. The first-order chi connectivity index (χ1) is 11.7. The van der Waals surface area contributed by atoms with Crippen molar-refractivity contribution in [2.24, 2.45) is 0 Å². The first-order valence-corrected chi connectivity index (χ1v) is 8.30. The number of benzene rings is 2. The predicted molar refractivity (Wildman–Crippen MR) is 91.0 cm³/mol. The molecule has 1 atom stereocenters. The predicted octanol–water partition coefficient (Wildman–Crippen LogP) is 3.37. The number of hydrogen-bond acceptors (Lipinski definition) is 3. The maximum absolute atomic E-state index is 14.3. The molecule has 0 bridgehead atoms. The Balaban J connectivity index is 1.44. The molecule has 4 rings (SSSR count). The van der Waals surface area contributed by atoms with Gasteiger partial charge >= 0.3 is 0 Å². The van der Waals surface area contributed by atoms with E-state index in [1.54, 1.807) is 12.1 Å². The van der Waals surface area contributed by atoms with Crippen LogP contribution in [0.15, 0.2) is 42.5 Å². The van der Waals surface area contributed by atoms with Crippen LogP contribution in [0.3, 0.4) is 0 Å². The van der Waals surface area contributed by atoms with Crippen LogP contribution in [0.4, 0.5) is 15.8 Å². The molecule has 5 heteroatoms. The monoisotopic (exact) mass is 326 g/mol. The quantitative estimate of drug-likeness (QED) is 0.940. The van der Waals surface area contributed by atoms with Gasteiger partial charge in [-0.2, -0.15) is 0 Å². The minimum Gasteiger partial charge on any atom is -0.480 e. The molecule has 1 fully saturated rings. The third-order valence-corrected chi connectivity index (χ3v) is 4.60. The number of carbonyl (C=O) groups excluding carboxylic acids is 1. The molecule has 2 heterocycles. The molecule has 1 saturated heterocycles. The van der Waals surface area contributed by atoms with Gasteiger partial charge in [0.1, 0.15) is 11.6 Å². The number of nitrogens with one attached hydrogen (secondary N) is 1. The number of amides is 1. The van der Waals surface area contributed by atoms with Crippen LogP contribution in [-0.2, 0) is 11.2 Å². The summed E-state index contributed by atoms with van der Waals surface area (Å²) < 4.78 is 20.0. The molecule has 2 aromatic carbocycles. The fourth-order valence-electron chi connectivity index (χ4n) is 3.35. The molecule has 1 amide bonds. The van der Waals surface area contributed by atoms with Gasteiger partial charge in [-0.1, -0.05) is 18.2 Å². The van der Waals surface area contributed by atoms with Crippen molar-refractivity contribution in [1.29, 1.82) is 0 Å². The number of anilines is 2. The summed E-state index contributed by atoms with van der Waals surface area (Å²) in [6.45, 7) is 1.77. The van der Waals surface area contributed by atoms with Crippen molar-refractivity contribution in [3.63, 3.8) is 0 Å². The molecule has 4 nitrogen and oxygen atoms in total. The van der Waals surface area contributed by atoms with Crippen molar-refractivity contribution in [2.75, 3.05) is 23.3 Å². The highest BCUT2D eigenvalue weighted by Crippen LogP contribution is 2.29. The van der Waals surface area contributed by atoms with Gasteiger partial charge in [0.05, 0.1) is 5.69 Å². The summed E-state index contributed by atoms with van der Waals surface area (Å²) in [6.07, 6.45) is 2.16. The Hall–Kier alpha value is -2.56. The van der Waals surface area contributed by atoms with E-state index in [2.05, 4.69) is 5.32 Å². The van der Waals surface area contributed by atoms with Crippen LogP contribution in [0.2, 0.25) is 0 Å². The molecule has 1 N–H and O–H groups in total. The van der Waals surface area contributed by atoms with E-state index < -0.39 is 6.10 Å². The van der Waals surface area contributed by atoms with E-state index in [1.807, 2.05) is 29.2 Å². The second-order valence-corrected chi connectivity index (χ2v) is 6.27. The molecule has 0 spiro atoms. The lowest BCUT2D eigenvalue weighted by Gasteiger charge is -2.19. The topological polar surface area (TPSA) is 41.6 Å². The van der Waals surface area contributed by atoms with Gasteiger partial charge in [0.15, 0.2) is 6.10 Å². The summed E-state index contributed by atoms with van der Waals surface area (Å²) >= 11 is 0. The summed E-state index contributed by atoms with van der Waals surface area (Å²) in [5, 5.41) is 2.75. The molecule has 124 valence electrons. The maximum Gasteiger partial charge on any atom is 0.265 e. The lowest BCUT2D eigenvalue weighted by atomic mass is 10.1. The summed E-state index contributed by atoms with van der Waals surface area (Å²) in [7, 11) is 0. The van der Waals surface area contributed by atoms with Crippen LogP contribution in [0, 0.1) is 5.82 Å². The zero-order valence-corrected chi connectivity index (χ0v) is 13.3. The molecule has 2 aliphatic heterocycles. The number of ether oxygens (including phenoxy) is 1. The third-order valence-electron chi connectivity index (χ3n) is 4.60. The second-order valence-electron chi connectivity index (χ2n) is 6.27. The minimum absolute atomic E-state index is 0.250. The summed E-state index contributed by atoms with van der Waals surface area (Å²) in [5.41, 5.74) is 2.09. The summed E-state index contributed by atoms with van der Waals surface area (Å²) in [4.78, 5) is 14.4. The Morgan fingerprint density at radius 1 is 1.17 bits per heavy atom. The Morgan fingerprint density at radius 2 is 1.96 bits per heavy atom. The fourth-order valence-corrected chi connectivity index (χ4v) is 3.35. The van der Waals surface area contributed by atoms with Crippen LogP contribution in [-0.4, -0.2) is 25.1 Å². The zero-order chi connectivity index (χ0) is 16.5. The van der Waals surface area contributed by atoms with Crippen LogP contribution in [0.5, 0.6) is 5.75 Å². The number of carbonyl (C=O) groups is 1. The highest BCUT2D eigenvalue weighted by molar-refractivity contribution is 5.95. The fraction of sp³-hybridized carbons (Fsp3) is 0.316. The number of nitrogens with zero attached hydrogens (tertiary/aromatic N) is 1. The number of para-hydroxylation sites is 1. The van der Waals surface area contributed by atoms with Gasteiger partial charge in [-0.15, -0.1) is 0 Å². The molecule has 0 saturated carbocycles. The van der Waals surface area contributed by atoms with Gasteiger partial charge in [-0.25, -0.2) is 4.39 Å². The van der Waals surface area contributed by atoms with Gasteiger partial charge in [-0.05, 0) is 42.7 Å². The van der Waals surface area contributed by atoms with Gasteiger partial charge < -0.3 is 15.0 Å². The van der Waals surface area contributed by atoms with Crippen LogP contribution >= 0.6 is 0 Å². The van der Waals surface area contributed by atoms with Crippen molar-refractivity contribution in [1.82, 2.24) is 0 Å². The SMILES string of the molecule is O=C(Nc1ccc(N2CCCC2)c(F)c1)C1Cc2ccccc2O1. The van der Waals surface area contributed by atoms with E-state index in [-0.39, 0.29) is 11.7 Å². The molecule has 0 radical (unpaired) electrons. The number of fused-ring (bicyclic) bond motifs is 1. The van der Waals surface area contributed by atoms with E-state index in [4.69, 9.17) is 4.74 Å². The Kier molecular flexibility index (Phi) is 3.84. The third kappa shape index (κ3) is 2.82. The van der Waals surface area contributed by atoms with Gasteiger partial charge in [0.25, 0.3) is 5.91 Å². The highest BCUT2D eigenvalue weighted by atomic mass is 19.1. The van der Waals surface area contributed by atoms with Crippen LogP contribution in [0.25, 0.3) is 0 Å². The first kappa shape index (κ1) is 15.0. The lowest BCUT2D eigenvalue weighted by molar-refractivity contribution is -0.122. The first-order valence-electron chi connectivity index (χ1n) is 8.30. The van der Waals surface area contributed by atoms with E-state index in [9.17, 15) is 9.18 Å². The summed E-state index contributed by atoms with van der Waals surface area (Å²) in [5.74, 6) is 0.193. The number of rotatable bonds is 3. The van der Waals surface area contributed by atoms with Crippen molar-refractivity contribution in [3.05, 3.63) is 53.8 Å². The van der Waals surface area contributed by atoms with E-state index >= 15 is 0 Å². The Labute approximate surface area is 140 Å². The highest BCUT2D eigenvalue weighted by Gasteiger charge is 2.29. The average Bonchev–Trinajstić information content (AvgIpc) is 3.24. The number of halogens is 1. The minimum atomic E-state index is -0.566. The average molecular weight is 326 g/mol. The van der Waals surface area contributed by atoms with Crippen LogP contribution in [0.1, 0.15) is 18.4 Å². The lowest BCUT2D eigenvalue weighted by Crippen LogP contribution is -2.31. The number of hydrogen-bond donors (Lipinski definition) is 1. The molecule has 0 aliphatic carbocycles. The Bertz CT molecular complexity index is 747. The summed E-state index contributed by atoms with van der Waals surface area (Å²) in [6, 6.07) is 12.5. The molecule has 1 unspecified atom stereocenters. The molecule has 2 aromatic rings. The van der Waals surface area contributed by atoms with Gasteiger partial charge in [-0.3, -0.25) is 4.79 Å². The van der Waals surface area contributed by atoms with Crippen LogP contribution < -0.4 is 15.0 Å². The zero-order valence-electron chi connectivity index (χ0n) is 13.3.